The third-order valence-corrected chi connectivity index (χ3v) is 7.22. The summed E-state index contributed by atoms with van der Waals surface area (Å²) in [4.78, 5) is 29.8. The maximum atomic E-state index is 14.2. The lowest BCUT2D eigenvalue weighted by Gasteiger charge is -2.22. The molecule has 3 aromatic rings. The predicted molar refractivity (Wildman–Crippen MR) is 118 cm³/mol. The Kier molecular flexibility index (Phi) is 5.05. The zero-order chi connectivity index (χ0) is 21.7. The number of halogens is 2. The van der Waals surface area contributed by atoms with E-state index in [4.69, 9.17) is 11.6 Å². The minimum Gasteiger partial charge on any atom is -0.349 e. The summed E-state index contributed by atoms with van der Waals surface area (Å²) in [5, 5.41) is 3.84. The van der Waals surface area contributed by atoms with Crippen LogP contribution in [0.15, 0.2) is 53.6 Å². The maximum absolute atomic E-state index is 14.2. The van der Waals surface area contributed by atoms with Crippen LogP contribution in [0.2, 0.25) is 5.02 Å². The van der Waals surface area contributed by atoms with Crippen LogP contribution in [0.3, 0.4) is 0 Å². The van der Waals surface area contributed by atoms with Gasteiger partial charge in [-0.1, -0.05) is 24.6 Å². The highest BCUT2D eigenvalue weighted by molar-refractivity contribution is 6.30. The monoisotopic (exact) mass is 439 g/mol. The predicted octanol–water partition coefficient (Wildman–Crippen LogP) is 4.59. The molecule has 0 bridgehead atoms. The number of hydrogen-bond acceptors (Lipinski definition) is 3. The van der Waals surface area contributed by atoms with Crippen molar-refractivity contribution in [3.63, 3.8) is 0 Å². The van der Waals surface area contributed by atoms with Gasteiger partial charge in [0.25, 0.3) is 11.5 Å². The van der Waals surface area contributed by atoms with E-state index in [1.807, 2.05) is 0 Å². The molecule has 5 atom stereocenters. The molecule has 1 N–H and O–H groups in total. The number of amides is 1. The van der Waals surface area contributed by atoms with Crippen molar-refractivity contribution in [2.24, 2.45) is 17.8 Å². The fourth-order valence-electron chi connectivity index (χ4n) is 5.41. The smallest absolute Gasteiger partial charge is 0.264 e. The molecule has 2 fully saturated rings. The molecule has 31 heavy (non-hydrogen) atoms. The van der Waals surface area contributed by atoms with Crippen LogP contribution in [0.4, 0.5) is 4.39 Å². The highest BCUT2D eigenvalue weighted by atomic mass is 35.5. The van der Waals surface area contributed by atoms with E-state index in [0.717, 1.165) is 19.3 Å². The molecule has 1 heterocycles. The van der Waals surface area contributed by atoms with Crippen molar-refractivity contribution in [1.29, 1.82) is 0 Å². The molecule has 5 nitrogen and oxygen atoms in total. The van der Waals surface area contributed by atoms with Crippen LogP contribution in [0.5, 0.6) is 0 Å². The molecule has 0 radical (unpaired) electrons. The van der Waals surface area contributed by atoms with Crippen LogP contribution in [-0.4, -0.2) is 21.5 Å². The largest absolute Gasteiger partial charge is 0.349 e. The lowest BCUT2D eigenvalue weighted by molar-refractivity contribution is 0.0927. The van der Waals surface area contributed by atoms with Crippen molar-refractivity contribution in [2.75, 3.05) is 0 Å². The lowest BCUT2D eigenvalue weighted by atomic mass is 9.98. The number of nitrogens with one attached hydrogen (secondary N) is 1. The second kappa shape index (κ2) is 7.75. The molecule has 0 aliphatic heterocycles. The van der Waals surface area contributed by atoms with Crippen molar-refractivity contribution in [1.82, 2.24) is 14.9 Å². The molecule has 7 heteroatoms. The molecule has 2 aromatic carbocycles. The van der Waals surface area contributed by atoms with E-state index in [9.17, 15) is 14.0 Å². The zero-order valence-corrected chi connectivity index (χ0v) is 17.8. The Bertz CT molecular complexity index is 1200. The molecular formula is C24H23ClFN3O2. The molecule has 2 aliphatic rings. The first-order valence-corrected chi connectivity index (χ1v) is 11.1. The minimum absolute atomic E-state index is 0.0275. The van der Waals surface area contributed by atoms with E-state index in [2.05, 4.69) is 17.2 Å². The summed E-state index contributed by atoms with van der Waals surface area (Å²) >= 11 is 5.91. The Morgan fingerprint density at radius 3 is 2.61 bits per heavy atom. The first-order chi connectivity index (χ1) is 15.0. The molecule has 0 spiro atoms. The van der Waals surface area contributed by atoms with Crippen LogP contribution in [0.25, 0.3) is 10.9 Å². The average Bonchev–Trinajstić information content (AvgIpc) is 3.24. The Morgan fingerprint density at radius 2 is 1.94 bits per heavy atom. The maximum Gasteiger partial charge on any atom is 0.264 e. The molecule has 3 unspecified atom stereocenters. The molecule has 2 aliphatic carbocycles. The van der Waals surface area contributed by atoms with Crippen LogP contribution in [0.1, 0.15) is 42.6 Å². The summed E-state index contributed by atoms with van der Waals surface area (Å²) in [6.45, 7) is 2.08. The summed E-state index contributed by atoms with van der Waals surface area (Å²) in [5.74, 6) is 0.725. The van der Waals surface area contributed by atoms with E-state index < -0.39 is 5.82 Å². The number of carbonyl (C=O) groups is 1. The third kappa shape index (κ3) is 3.53. The quantitative estimate of drug-likeness (QED) is 0.632. The van der Waals surface area contributed by atoms with Crippen LogP contribution >= 0.6 is 11.6 Å². The second-order valence-corrected chi connectivity index (χ2v) is 9.05. The van der Waals surface area contributed by atoms with Crippen molar-refractivity contribution in [3.05, 3.63) is 75.5 Å². The molecule has 0 saturated heterocycles. The Labute approximate surface area is 184 Å². The van der Waals surface area contributed by atoms with E-state index >= 15 is 0 Å². The number of aromatic nitrogens is 2. The summed E-state index contributed by atoms with van der Waals surface area (Å²) in [6.07, 6.45) is 4.10. The van der Waals surface area contributed by atoms with Crippen LogP contribution in [-0.2, 0) is 0 Å². The topological polar surface area (TPSA) is 64.0 Å². The normalized spacial score (nSPS) is 25.3. The van der Waals surface area contributed by atoms with Gasteiger partial charge in [-0.05, 0) is 73.4 Å². The molecule has 160 valence electrons. The number of carbonyl (C=O) groups excluding carboxylic acids is 1. The number of nitrogens with zero attached hydrogens (tertiary/aromatic N) is 2. The van der Waals surface area contributed by atoms with Gasteiger partial charge in [0.2, 0.25) is 0 Å². The lowest BCUT2D eigenvalue weighted by Crippen LogP contribution is -2.37. The summed E-state index contributed by atoms with van der Waals surface area (Å²) in [7, 11) is 0. The zero-order valence-electron chi connectivity index (χ0n) is 17.1. The molecule has 5 rings (SSSR count). The Hall–Kier alpha value is -2.73. The van der Waals surface area contributed by atoms with Crippen molar-refractivity contribution >= 4 is 28.4 Å². The number of fused-ring (bicyclic) bond motifs is 2. The number of hydrogen-bond donors (Lipinski definition) is 1. The molecular weight excluding hydrogens is 417 g/mol. The Morgan fingerprint density at radius 1 is 1.23 bits per heavy atom. The van der Waals surface area contributed by atoms with E-state index in [-0.39, 0.29) is 28.9 Å². The van der Waals surface area contributed by atoms with Gasteiger partial charge < -0.3 is 5.32 Å². The standard InChI is InChI=1S/C24H23ClFN3O2/c1-2-19(28-23(30)13-6-8-14(25)9-7-13)21-16-10-15(11-17(16)21)29-12-27-20-5-3-4-18(26)22(20)24(29)31/h3-9,12,15-17,19,21H,2,10-11H2,1H3,(H,28,30)/t15?,16-,17+,19?,21?. The van der Waals surface area contributed by atoms with Crippen molar-refractivity contribution in [2.45, 2.75) is 38.3 Å². The molecule has 2 saturated carbocycles. The minimum atomic E-state index is -0.527. The summed E-state index contributed by atoms with van der Waals surface area (Å²) in [6, 6.07) is 11.5. The van der Waals surface area contributed by atoms with E-state index in [1.165, 1.54) is 6.07 Å². The van der Waals surface area contributed by atoms with Crippen molar-refractivity contribution < 1.29 is 9.18 Å². The van der Waals surface area contributed by atoms with Gasteiger partial charge in [0.05, 0.1) is 11.8 Å². The van der Waals surface area contributed by atoms with Crippen LogP contribution in [0, 0.1) is 23.6 Å². The highest BCUT2D eigenvalue weighted by Gasteiger charge is 2.59. The number of benzene rings is 2. The van der Waals surface area contributed by atoms with Gasteiger partial charge in [-0.25, -0.2) is 9.37 Å². The number of rotatable bonds is 5. The van der Waals surface area contributed by atoms with Gasteiger partial charge in [0.1, 0.15) is 11.2 Å². The van der Waals surface area contributed by atoms with Gasteiger partial charge in [-0.2, -0.15) is 0 Å². The second-order valence-electron chi connectivity index (χ2n) is 8.62. The van der Waals surface area contributed by atoms with Gasteiger partial charge in [0.15, 0.2) is 0 Å². The summed E-state index contributed by atoms with van der Waals surface area (Å²) in [5.41, 5.74) is 0.676. The van der Waals surface area contributed by atoms with Gasteiger partial charge in [-0.3, -0.25) is 14.2 Å². The average molecular weight is 440 g/mol. The van der Waals surface area contributed by atoms with Gasteiger partial charge in [0, 0.05) is 22.7 Å². The highest BCUT2D eigenvalue weighted by Crippen LogP contribution is 2.62. The molecule has 1 aromatic heterocycles. The fraction of sp³-hybridized carbons (Fsp3) is 0.375. The van der Waals surface area contributed by atoms with Crippen molar-refractivity contribution in [3.8, 4) is 0 Å². The molecule has 1 amide bonds. The Balaban J connectivity index is 1.28. The first-order valence-electron chi connectivity index (χ1n) is 10.7. The van der Waals surface area contributed by atoms with Crippen LogP contribution < -0.4 is 10.9 Å². The summed E-state index contributed by atoms with van der Waals surface area (Å²) < 4.78 is 15.8. The van der Waals surface area contributed by atoms with Gasteiger partial charge in [-0.15, -0.1) is 0 Å². The SMILES string of the molecule is CCC(NC(=O)c1ccc(Cl)cc1)C1[C@H]2CC(n3cnc4cccc(F)c4c3=O)C[C@@H]12. The van der Waals surface area contributed by atoms with E-state index in [0.29, 0.717) is 33.9 Å². The first kappa shape index (κ1) is 20.2. The third-order valence-electron chi connectivity index (χ3n) is 6.97. The van der Waals surface area contributed by atoms with E-state index in [1.54, 1.807) is 47.3 Å². The van der Waals surface area contributed by atoms with Gasteiger partial charge >= 0.3 is 0 Å². The fourth-order valence-corrected chi connectivity index (χ4v) is 5.53.